The maximum atomic E-state index is 12.1. The van der Waals surface area contributed by atoms with Gasteiger partial charge in [-0.2, -0.15) is 0 Å². The summed E-state index contributed by atoms with van der Waals surface area (Å²) in [5.41, 5.74) is 0.124. The van der Waals surface area contributed by atoms with E-state index in [0.717, 1.165) is 4.88 Å². The van der Waals surface area contributed by atoms with Crippen molar-refractivity contribution < 1.29 is 14.3 Å². The maximum Gasteiger partial charge on any atom is 0.287 e. The van der Waals surface area contributed by atoms with Gasteiger partial charge >= 0.3 is 0 Å². The highest BCUT2D eigenvalue weighted by molar-refractivity contribution is 7.10. The van der Waals surface area contributed by atoms with Gasteiger partial charge in [0.2, 0.25) is 0 Å². The van der Waals surface area contributed by atoms with Gasteiger partial charge in [0.05, 0.1) is 11.5 Å². The molecule has 0 unspecified atom stereocenters. The molecular weight excluding hydrogens is 314 g/mol. The smallest absolute Gasteiger partial charge is 0.287 e. The third kappa shape index (κ3) is 3.49. The van der Waals surface area contributed by atoms with E-state index in [4.69, 9.17) is 4.42 Å². The molecule has 5 nitrogen and oxygen atoms in total. The molecule has 1 amide bonds. The molecule has 1 atom stereocenters. The second-order valence-electron chi connectivity index (χ2n) is 5.05. The molecule has 0 fully saturated rings. The number of hydrogen-bond acceptors (Lipinski definition) is 5. The van der Waals surface area contributed by atoms with Gasteiger partial charge in [-0.05, 0) is 30.0 Å². The minimum atomic E-state index is -0.612. The molecule has 2 heterocycles. The summed E-state index contributed by atoms with van der Waals surface area (Å²) in [5, 5.41) is 15.0. The van der Waals surface area contributed by atoms with Gasteiger partial charge in [0.15, 0.2) is 11.2 Å². The van der Waals surface area contributed by atoms with Crippen molar-refractivity contribution in [3.63, 3.8) is 0 Å². The Balaban J connectivity index is 1.65. The Morgan fingerprint density at radius 3 is 2.87 bits per heavy atom. The predicted molar refractivity (Wildman–Crippen MR) is 88.7 cm³/mol. The number of amides is 1. The fourth-order valence-electron chi connectivity index (χ4n) is 2.25. The third-order valence-electron chi connectivity index (χ3n) is 3.43. The normalized spacial score (nSPS) is 12.2. The summed E-state index contributed by atoms with van der Waals surface area (Å²) in [4.78, 5) is 24.9. The lowest BCUT2D eigenvalue weighted by atomic mass is 10.2. The molecule has 0 bridgehead atoms. The number of para-hydroxylation sites is 1. The van der Waals surface area contributed by atoms with E-state index in [1.165, 1.54) is 17.4 Å². The summed E-state index contributed by atoms with van der Waals surface area (Å²) in [7, 11) is 0. The molecule has 0 aliphatic rings. The molecule has 1 aromatic carbocycles. The van der Waals surface area contributed by atoms with Crippen LogP contribution in [0.25, 0.3) is 11.0 Å². The van der Waals surface area contributed by atoms with Crippen molar-refractivity contribution in [2.45, 2.75) is 12.5 Å². The maximum absolute atomic E-state index is 12.1. The average molecular weight is 329 g/mol. The quantitative estimate of drug-likeness (QED) is 0.754. The van der Waals surface area contributed by atoms with Crippen molar-refractivity contribution in [2.24, 2.45) is 0 Å². The lowest BCUT2D eigenvalue weighted by Gasteiger charge is -2.09. The lowest BCUT2D eigenvalue weighted by molar-refractivity contribution is 0.0916. The average Bonchev–Trinajstić information content (AvgIpc) is 3.09. The minimum Gasteiger partial charge on any atom is -0.451 e. The largest absolute Gasteiger partial charge is 0.451 e. The number of fused-ring (bicyclic) bond motifs is 1. The molecule has 0 aliphatic heterocycles. The number of rotatable bonds is 5. The molecule has 3 rings (SSSR count). The van der Waals surface area contributed by atoms with Gasteiger partial charge < -0.3 is 14.8 Å². The van der Waals surface area contributed by atoms with E-state index in [1.807, 2.05) is 17.5 Å². The monoisotopic (exact) mass is 329 g/mol. The Labute approximate surface area is 136 Å². The molecule has 0 saturated heterocycles. The number of carbonyl (C=O) groups is 1. The number of thiophene rings is 1. The SMILES string of the molecule is O=C(NCC[C@@H](O)c1cccs1)c1cc(=O)c2ccccc2o1. The molecule has 118 valence electrons. The van der Waals surface area contributed by atoms with Crippen LogP contribution in [-0.2, 0) is 0 Å². The number of benzene rings is 1. The zero-order valence-corrected chi connectivity index (χ0v) is 13.0. The molecule has 0 aliphatic carbocycles. The number of hydrogen-bond donors (Lipinski definition) is 2. The molecule has 2 N–H and O–H groups in total. The molecule has 3 aromatic rings. The van der Waals surface area contributed by atoms with Crippen LogP contribution in [0, 0.1) is 0 Å². The number of aliphatic hydroxyl groups excluding tert-OH is 1. The van der Waals surface area contributed by atoms with Crippen molar-refractivity contribution in [3.8, 4) is 0 Å². The Hall–Kier alpha value is -2.44. The summed E-state index contributed by atoms with van der Waals surface area (Å²) >= 11 is 1.47. The molecule has 0 radical (unpaired) electrons. The Bertz CT molecular complexity index is 870. The van der Waals surface area contributed by atoms with E-state index in [1.54, 1.807) is 24.3 Å². The fourth-order valence-corrected chi connectivity index (χ4v) is 2.99. The van der Waals surface area contributed by atoms with E-state index in [9.17, 15) is 14.7 Å². The Kier molecular flexibility index (Phi) is 4.55. The van der Waals surface area contributed by atoms with Crippen LogP contribution in [0.1, 0.15) is 28.0 Å². The molecule has 23 heavy (non-hydrogen) atoms. The molecule has 0 saturated carbocycles. The van der Waals surface area contributed by atoms with Crippen molar-refractivity contribution in [2.75, 3.05) is 6.54 Å². The van der Waals surface area contributed by atoms with E-state index in [-0.39, 0.29) is 17.7 Å². The molecule has 6 heteroatoms. The van der Waals surface area contributed by atoms with Crippen LogP contribution in [-0.4, -0.2) is 17.6 Å². The van der Waals surface area contributed by atoms with E-state index < -0.39 is 12.0 Å². The van der Waals surface area contributed by atoms with Gasteiger partial charge in [0, 0.05) is 17.5 Å². The number of carbonyl (C=O) groups excluding carboxylic acids is 1. The summed E-state index contributed by atoms with van der Waals surface area (Å²) in [6.45, 7) is 0.286. The van der Waals surface area contributed by atoms with Crippen molar-refractivity contribution in [3.05, 3.63) is 68.7 Å². The highest BCUT2D eigenvalue weighted by Crippen LogP contribution is 2.21. The summed E-state index contributed by atoms with van der Waals surface area (Å²) in [6.07, 6.45) is -0.219. The van der Waals surface area contributed by atoms with Crippen LogP contribution < -0.4 is 10.7 Å². The summed E-state index contributed by atoms with van der Waals surface area (Å²) < 4.78 is 5.46. The molecular formula is C17H15NO4S. The highest BCUT2D eigenvalue weighted by atomic mass is 32.1. The van der Waals surface area contributed by atoms with Crippen molar-refractivity contribution in [1.29, 1.82) is 0 Å². The lowest BCUT2D eigenvalue weighted by Crippen LogP contribution is -2.26. The molecule has 0 spiro atoms. The Morgan fingerprint density at radius 1 is 1.26 bits per heavy atom. The number of nitrogens with one attached hydrogen (secondary N) is 1. The highest BCUT2D eigenvalue weighted by Gasteiger charge is 2.13. The van der Waals surface area contributed by atoms with Gasteiger partial charge in [0.25, 0.3) is 5.91 Å². The van der Waals surface area contributed by atoms with Crippen LogP contribution in [0.3, 0.4) is 0 Å². The fraction of sp³-hybridized carbons (Fsp3) is 0.176. The molecule has 2 aromatic heterocycles. The predicted octanol–water partition coefficient (Wildman–Crippen LogP) is 2.71. The minimum absolute atomic E-state index is 0.0284. The van der Waals surface area contributed by atoms with Crippen LogP contribution in [0.4, 0.5) is 0 Å². The first kappa shape index (κ1) is 15.5. The third-order valence-corrected chi connectivity index (χ3v) is 4.41. The van der Waals surface area contributed by atoms with Crippen LogP contribution in [0.15, 0.2) is 57.1 Å². The second-order valence-corrected chi connectivity index (χ2v) is 6.03. The van der Waals surface area contributed by atoms with Gasteiger partial charge in [-0.25, -0.2) is 0 Å². The number of aliphatic hydroxyl groups is 1. The first-order valence-corrected chi connectivity index (χ1v) is 8.05. The second kappa shape index (κ2) is 6.76. The standard InChI is InChI=1S/C17H15NO4S/c19-12(16-6-3-9-23-16)7-8-18-17(21)15-10-13(20)11-4-1-2-5-14(11)22-15/h1-6,9-10,12,19H,7-8H2,(H,18,21)/t12-/m1/s1. The summed E-state index contributed by atoms with van der Waals surface area (Å²) in [5.74, 6) is -0.495. The van der Waals surface area contributed by atoms with Crippen LogP contribution in [0.2, 0.25) is 0 Å². The van der Waals surface area contributed by atoms with E-state index >= 15 is 0 Å². The van der Waals surface area contributed by atoms with Crippen molar-refractivity contribution in [1.82, 2.24) is 5.32 Å². The zero-order valence-electron chi connectivity index (χ0n) is 12.2. The van der Waals surface area contributed by atoms with Gasteiger partial charge in [-0.3, -0.25) is 9.59 Å². The van der Waals surface area contributed by atoms with Gasteiger partial charge in [-0.1, -0.05) is 18.2 Å². The van der Waals surface area contributed by atoms with E-state index in [0.29, 0.717) is 17.4 Å². The zero-order chi connectivity index (χ0) is 16.2. The van der Waals surface area contributed by atoms with Gasteiger partial charge in [0.1, 0.15) is 5.58 Å². The Morgan fingerprint density at radius 2 is 2.09 bits per heavy atom. The summed E-state index contributed by atoms with van der Waals surface area (Å²) in [6, 6.07) is 11.7. The first-order chi connectivity index (χ1) is 11.1. The topological polar surface area (TPSA) is 79.5 Å². The van der Waals surface area contributed by atoms with E-state index in [2.05, 4.69) is 5.32 Å². The van der Waals surface area contributed by atoms with Crippen LogP contribution in [0.5, 0.6) is 0 Å². The van der Waals surface area contributed by atoms with Crippen LogP contribution >= 0.6 is 11.3 Å². The van der Waals surface area contributed by atoms with Gasteiger partial charge in [-0.15, -0.1) is 11.3 Å². The van der Waals surface area contributed by atoms with Crippen molar-refractivity contribution >= 4 is 28.2 Å². The first-order valence-electron chi connectivity index (χ1n) is 7.18.